The van der Waals surface area contributed by atoms with Crippen LogP contribution in [-0.4, -0.2) is 64.5 Å². The monoisotopic (exact) mass is 269 g/mol. The van der Waals surface area contributed by atoms with E-state index >= 15 is 0 Å². The molecule has 18 heavy (non-hydrogen) atoms. The summed E-state index contributed by atoms with van der Waals surface area (Å²) in [5, 5.41) is 8.75. The predicted molar refractivity (Wildman–Crippen MR) is 66.7 cm³/mol. The molecule has 2 heterocycles. The Kier molecular flexibility index (Phi) is 4.27. The van der Waals surface area contributed by atoms with E-state index in [2.05, 4.69) is 4.98 Å². The van der Waals surface area contributed by atoms with Crippen LogP contribution in [0.5, 0.6) is 0 Å². The summed E-state index contributed by atoms with van der Waals surface area (Å²) in [5.41, 5.74) is 1.64. The lowest BCUT2D eigenvalue weighted by Gasteiger charge is -2.20. The Labute approximate surface area is 109 Å². The molecule has 7 heteroatoms. The number of nitrogens with zero attached hydrogens (tertiary/aromatic N) is 3. The van der Waals surface area contributed by atoms with E-state index in [0.717, 1.165) is 13.0 Å². The molecule has 1 fully saturated rings. The first-order chi connectivity index (χ1) is 8.66. The van der Waals surface area contributed by atoms with Gasteiger partial charge in [-0.1, -0.05) is 0 Å². The van der Waals surface area contributed by atoms with Gasteiger partial charge in [0.05, 0.1) is 18.3 Å². The number of aromatic nitrogens is 1. The fourth-order valence-corrected chi connectivity index (χ4v) is 2.59. The lowest BCUT2D eigenvalue weighted by atomic mass is 10.3. The largest absolute Gasteiger partial charge is 0.480 e. The number of thiazole rings is 1. The number of carboxylic acids is 1. The maximum Gasteiger partial charge on any atom is 0.317 e. The van der Waals surface area contributed by atoms with Crippen LogP contribution in [0.15, 0.2) is 11.7 Å². The molecule has 2 rings (SSSR count). The SMILES string of the molecule is O=C(O)CN1CCCN(C(=O)c2cncs2)CC1. The quantitative estimate of drug-likeness (QED) is 0.858. The smallest absolute Gasteiger partial charge is 0.317 e. The summed E-state index contributed by atoms with van der Waals surface area (Å²) in [6.45, 7) is 2.62. The lowest BCUT2D eigenvalue weighted by Crippen LogP contribution is -2.36. The second kappa shape index (κ2) is 5.92. The van der Waals surface area contributed by atoms with Gasteiger partial charge in [0.15, 0.2) is 0 Å². The topological polar surface area (TPSA) is 73.7 Å². The van der Waals surface area contributed by atoms with Crippen LogP contribution < -0.4 is 0 Å². The van der Waals surface area contributed by atoms with E-state index in [1.165, 1.54) is 11.3 Å². The molecule has 1 aliphatic heterocycles. The van der Waals surface area contributed by atoms with E-state index < -0.39 is 5.97 Å². The molecule has 1 aromatic rings. The Bertz CT molecular complexity index is 421. The molecule has 98 valence electrons. The molecule has 0 aliphatic carbocycles. The van der Waals surface area contributed by atoms with Crippen molar-refractivity contribution in [2.24, 2.45) is 0 Å². The Morgan fingerprint density at radius 1 is 1.33 bits per heavy atom. The van der Waals surface area contributed by atoms with Gasteiger partial charge in [0.25, 0.3) is 5.91 Å². The first-order valence-corrected chi connectivity index (χ1v) is 6.66. The summed E-state index contributed by atoms with van der Waals surface area (Å²) in [5.74, 6) is -0.827. The minimum atomic E-state index is -0.822. The molecule has 1 amide bonds. The Morgan fingerprint density at radius 2 is 2.17 bits per heavy atom. The van der Waals surface area contributed by atoms with Gasteiger partial charge in [0, 0.05) is 26.2 Å². The van der Waals surface area contributed by atoms with Crippen molar-refractivity contribution >= 4 is 23.2 Å². The van der Waals surface area contributed by atoms with Crippen LogP contribution >= 0.6 is 11.3 Å². The molecule has 0 spiro atoms. The van der Waals surface area contributed by atoms with Gasteiger partial charge in [0.1, 0.15) is 4.88 Å². The van der Waals surface area contributed by atoms with Gasteiger partial charge in [-0.05, 0) is 6.42 Å². The maximum absolute atomic E-state index is 12.1. The molecule has 0 saturated carbocycles. The summed E-state index contributed by atoms with van der Waals surface area (Å²) in [6.07, 6.45) is 2.38. The van der Waals surface area contributed by atoms with Gasteiger partial charge < -0.3 is 10.0 Å². The molecule has 1 aliphatic rings. The molecule has 0 atom stereocenters. The van der Waals surface area contributed by atoms with Crippen molar-refractivity contribution in [2.75, 3.05) is 32.7 Å². The van der Waals surface area contributed by atoms with Gasteiger partial charge in [-0.25, -0.2) is 0 Å². The summed E-state index contributed by atoms with van der Waals surface area (Å²) in [7, 11) is 0. The van der Waals surface area contributed by atoms with Gasteiger partial charge in [-0.15, -0.1) is 11.3 Å². The van der Waals surface area contributed by atoms with Gasteiger partial charge in [0.2, 0.25) is 0 Å². The fourth-order valence-electron chi connectivity index (χ4n) is 2.00. The van der Waals surface area contributed by atoms with Crippen LogP contribution in [0.4, 0.5) is 0 Å². The number of carbonyl (C=O) groups is 2. The molecule has 1 aromatic heterocycles. The number of hydrogen-bond acceptors (Lipinski definition) is 5. The summed E-state index contributed by atoms with van der Waals surface area (Å²) < 4.78 is 0. The van der Waals surface area contributed by atoms with E-state index in [1.54, 1.807) is 16.6 Å². The second-order valence-electron chi connectivity index (χ2n) is 4.18. The third kappa shape index (κ3) is 3.27. The molecular weight excluding hydrogens is 254 g/mol. The average Bonchev–Trinajstić information content (AvgIpc) is 2.76. The predicted octanol–water partition coefficient (Wildman–Crippen LogP) is 0.376. The van der Waals surface area contributed by atoms with Crippen molar-refractivity contribution in [3.05, 3.63) is 16.6 Å². The van der Waals surface area contributed by atoms with Crippen LogP contribution in [0.1, 0.15) is 16.1 Å². The number of rotatable bonds is 3. The summed E-state index contributed by atoms with van der Waals surface area (Å²) in [4.78, 5) is 30.9. The van der Waals surface area contributed by atoms with E-state index in [0.29, 0.717) is 24.5 Å². The van der Waals surface area contributed by atoms with E-state index in [-0.39, 0.29) is 12.5 Å². The van der Waals surface area contributed by atoms with E-state index in [9.17, 15) is 9.59 Å². The van der Waals surface area contributed by atoms with Crippen molar-refractivity contribution in [1.82, 2.24) is 14.8 Å². The van der Waals surface area contributed by atoms with Gasteiger partial charge >= 0.3 is 5.97 Å². The highest BCUT2D eigenvalue weighted by Crippen LogP contribution is 2.12. The number of carbonyl (C=O) groups excluding carboxylic acids is 1. The maximum atomic E-state index is 12.1. The summed E-state index contributed by atoms with van der Waals surface area (Å²) in [6, 6.07) is 0. The van der Waals surface area contributed by atoms with E-state index in [4.69, 9.17) is 5.11 Å². The summed E-state index contributed by atoms with van der Waals surface area (Å²) >= 11 is 1.33. The molecular formula is C11H15N3O3S. The molecule has 0 radical (unpaired) electrons. The third-order valence-electron chi connectivity index (χ3n) is 2.88. The first kappa shape index (κ1) is 13.0. The Hall–Kier alpha value is -1.47. The number of aliphatic carboxylic acids is 1. The third-order valence-corrected chi connectivity index (χ3v) is 3.64. The van der Waals surface area contributed by atoms with Crippen LogP contribution in [-0.2, 0) is 4.79 Å². The Morgan fingerprint density at radius 3 is 2.83 bits per heavy atom. The van der Waals surface area contributed by atoms with Gasteiger partial charge in [-0.2, -0.15) is 0 Å². The normalized spacial score (nSPS) is 17.4. The fraction of sp³-hybridized carbons (Fsp3) is 0.545. The molecule has 0 aromatic carbocycles. The number of hydrogen-bond donors (Lipinski definition) is 1. The molecule has 6 nitrogen and oxygen atoms in total. The minimum Gasteiger partial charge on any atom is -0.480 e. The van der Waals surface area contributed by atoms with Crippen molar-refractivity contribution in [2.45, 2.75) is 6.42 Å². The average molecular weight is 269 g/mol. The molecule has 1 N–H and O–H groups in total. The zero-order valence-electron chi connectivity index (χ0n) is 9.91. The highest BCUT2D eigenvalue weighted by atomic mass is 32.1. The molecule has 0 bridgehead atoms. The standard InChI is InChI=1S/C11H15N3O3S/c15-10(16)7-13-2-1-3-14(5-4-13)11(17)9-6-12-8-18-9/h6,8H,1-5,7H2,(H,15,16). The number of carboxylic acid groups (broad SMARTS) is 1. The van der Waals surface area contributed by atoms with Crippen molar-refractivity contribution in [1.29, 1.82) is 0 Å². The van der Waals surface area contributed by atoms with Crippen molar-refractivity contribution < 1.29 is 14.7 Å². The number of amides is 1. The van der Waals surface area contributed by atoms with Crippen molar-refractivity contribution in [3.63, 3.8) is 0 Å². The lowest BCUT2D eigenvalue weighted by molar-refractivity contribution is -0.138. The van der Waals surface area contributed by atoms with Gasteiger partial charge in [-0.3, -0.25) is 19.5 Å². The minimum absolute atomic E-state index is 0.00493. The molecule has 0 unspecified atom stereocenters. The molecule has 1 saturated heterocycles. The van der Waals surface area contributed by atoms with Crippen LogP contribution in [0.25, 0.3) is 0 Å². The zero-order valence-corrected chi connectivity index (χ0v) is 10.7. The van der Waals surface area contributed by atoms with Crippen LogP contribution in [0.3, 0.4) is 0 Å². The first-order valence-electron chi connectivity index (χ1n) is 5.79. The van der Waals surface area contributed by atoms with Crippen molar-refractivity contribution in [3.8, 4) is 0 Å². The van der Waals surface area contributed by atoms with Crippen LogP contribution in [0, 0.1) is 0 Å². The van der Waals surface area contributed by atoms with Crippen LogP contribution in [0.2, 0.25) is 0 Å². The Balaban J connectivity index is 1.93. The highest BCUT2D eigenvalue weighted by molar-refractivity contribution is 7.11. The highest BCUT2D eigenvalue weighted by Gasteiger charge is 2.21. The second-order valence-corrected chi connectivity index (χ2v) is 5.07. The zero-order chi connectivity index (χ0) is 13.0. The van der Waals surface area contributed by atoms with E-state index in [1.807, 2.05) is 4.90 Å².